The lowest BCUT2D eigenvalue weighted by atomic mass is 10.3. The Labute approximate surface area is 161 Å². The Kier molecular flexibility index (Phi) is 6.00. The fourth-order valence-corrected chi connectivity index (χ4v) is 2.63. The SMILES string of the molecule is O=C(COc1ccc(Cl)cc1Cl)Nc1ccc(Oc2ccccc2)cc1. The first-order valence-electron chi connectivity index (χ1n) is 7.81. The second-order valence-corrected chi connectivity index (χ2v) is 6.19. The summed E-state index contributed by atoms with van der Waals surface area (Å²) >= 11 is 11.8. The topological polar surface area (TPSA) is 47.6 Å². The summed E-state index contributed by atoms with van der Waals surface area (Å²) in [6.07, 6.45) is 0. The van der Waals surface area contributed by atoms with E-state index < -0.39 is 0 Å². The van der Waals surface area contributed by atoms with E-state index >= 15 is 0 Å². The van der Waals surface area contributed by atoms with Gasteiger partial charge in [0.05, 0.1) is 5.02 Å². The van der Waals surface area contributed by atoms with Gasteiger partial charge in [-0.25, -0.2) is 0 Å². The Bertz CT molecular complexity index is 883. The third-order valence-electron chi connectivity index (χ3n) is 3.37. The first-order chi connectivity index (χ1) is 12.6. The van der Waals surface area contributed by atoms with Crippen molar-refractivity contribution in [1.29, 1.82) is 0 Å². The van der Waals surface area contributed by atoms with Crippen molar-refractivity contribution in [3.8, 4) is 17.2 Å². The molecule has 3 aromatic carbocycles. The van der Waals surface area contributed by atoms with Gasteiger partial charge in [-0.05, 0) is 54.6 Å². The normalized spacial score (nSPS) is 10.2. The Morgan fingerprint density at radius 1 is 0.885 bits per heavy atom. The lowest BCUT2D eigenvalue weighted by molar-refractivity contribution is -0.118. The van der Waals surface area contributed by atoms with Crippen LogP contribution in [0.4, 0.5) is 5.69 Å². The van der Waals surface area contributed by atoms with Gasteiger partial charge >= 0.3 is 0 Å². The van der Waals surface area contributed by atoms with Crippen LogP contribution in [0.3, 0.4) is 0 Å². The highest BCUT2D eigenvalue weighted by atomic mass is 35.5. The maximum Gasteiger partial charge on any atom is 0.262 e. The molecule has 132 valence electrons. The van der Waals surface area contributed by atoms with E-state index in [1.54, 1.807) is 42.5 Å². The van der Waals surface area contributed by atoms with Gasteiger partial charge in [-0.3, -0.25) is 4.79 Å². The molecule has 0 bridgehead atoms. The van der Waals surface area contributed by atoms with E-state index in [-0.39, 0.29) is 12.5 Å². The van der Waals surface area contributed by atoms with Crippen LogP contribution < -0.4 is 14.8 Å². The lowest BCUT2D eigenvalue weighted by Gasteiger charge is -2.10. The molecule has 0 aliphatic rings. The predicted molar refractivity (Wildman–Crippen MR) is 104 cm³/mol. The molecule has 1 N–H and O–H groups in total. The Morgan fingerprint density at radius 3 is 2.27 bits per heavy atom. The molecule has 0 spiro atoms. The molecule has 0 heterocycles. The highest BCUT2D eigenvalue weighted by molar-refractivity contribution is 6.35. The summed E-state index contributed by atoms with van der Waals surface area (Å²) in [6, 6.07) is 21.3. The molecule has 26 heavy (non-hydrogen) atoms. The van der Waals surface area contributed by atoms with Gasteiger partial charge in [-0.2, -0.15) is 0 Å². The summed E-state index contributed by atoms with van der Waals surface area (Å²) in [4.78, 5) is 12.0. The van der Waals surface area contributed by atoms with Crippen molar-refractivity contribution < 1.29 is 14.3 Å². The highest BCUT2D eigenvalue weighted by Gasteiger charge is 2.07. The minimum Gasteiger partial charge on any atom is -0.482 e. The molecule has 0 atom stereocenters. The number of carbonyl (C=O) groups is 1. The van der Waals surface area contributed by atoms with Crippen molar-refractivity contribution in [2.45, 2.75) is 0 Å². The van der Waals surface area contributed by atoms with Crippen LogP contribution in [0.1, 0.15) is 0 Å². The van der Waals surface area contributed by atoms with Crippen molar-refractivity contribution in [3.63, 3.8) is 0 Å². The molecule has 0 aromatic heterocycles. The van der Waals surface area contributed by atoms with Crippen LogP contribution in [0.2, 0.25) is 10.0 Å². The standard InChI is InChI=1S/C20H15Cl2NO3/c21-14-6-11-19(18(22)12-14)25-13-20(24)23-15-7-9-17(10-8-15)26-16-4-2-1-3-5-16/h1-12H,13H2,(H,23,24). The molecule has 0 saturated carbocycles. The first-order valence-corrected chi connectivity index (χ1v) is 8.56. The molecule has 0 aliphatic carbocycles. The van der Waals surface area contributed by atoms with Gasteiger partial charge in [0.2, 0.25) is 0 Å². The average molecular weight is 388 g/mol. The van der Waals surface area contributed by atoms with Crippen LogP contribution >= 0.6 is 23.2 Å². The first kappa shape index (κ1) is 18.1. The summed E-state index contributed by atoms with van der Waals surface area (Å²) < 4.78 is 11.1. The largest absolute Gasteiger partial charge is 0.482 e. The highest BCUT2D eigenvalue weighted by Crippen LogP contribution is 2.27. The number of para-hydroxylation sites is 1. The minimum atomic E-state index is -0.298. The predicted octanol–water partition coefficient (Wildman–Crippen LogP) is 5.80. The number of carbonyl (C=O) groups excluding carboxylic acids is 1. The van der Waals surface area contributed by atoms with Crippen molar-refractivity contribution in [1.82, 2.24) is 0 Å². The monoisotopic (exact) mass is 387 g/mol. The van der Waals surface area contributed by atoms with Crippen molar-refractivity contribution in [2.24, 2.45) is 0 Å². The van der Waals surface area contributed by atoms with Gasteiger partial charge in [0.15, 0.2) is 6.61 Å². The molecule has 3 rings (SSSR count). The second-order valence-electron chi connectivity index (χ2n) is 5.35. The van der Waals surface area contributed by atoms with Crippen molar-refractivity contribution in [2.75, 3.05) is 11.9 Å². The molecule has 4 nitrogen and oxygen atoms in total. The van der Waals surface area contributed by atoms with Gasteiger partial charge < -0.3 is 14.8 Å². The van der Waals surface area contributed by atoms with E-state index in [4.69, 9.17) is 32.7 Å². The number of rotatable bonds is 6. The van der Waals surface area contributed by atoms with Crippen LogP contribution in [0.5, 0.6) is 17.2 Å². The summed E-state index contributed by atoms with van der Waals surface area (Å²) in [5.74, 6) is 1.53. The van der Waals surface area contributed by atoms with Crippen LogP contribution in [0, 0.1) is 0 Å². The molecule has 0 radical (unpaired) electrons. The number of ether oxygens (including phenoxy) is 2. The third-order valence-corrected chi connectivity index (χ3v) is 3.90. The Hall–Kier alpha value is -2.69. The van der Waals surface area contributed by atoms with E-state index in [1.165, 1.54) is 0 Å². The maximum absolute atomic E-state index is 12.0. The second kappa shape index (κ2) is 8.61. The van der Waals surface area contributed by atoms with Gasteiger partial charge in [0, 0.05) is 10.7 Å². The summed E-state index contributed by atoms with van der Waals surface area (Å²) in [5.41, 5.74) is 0.640. The zero-order valence-corrected chi connectivity index (χ0v) is 15.1. The Balaban J connectivity index is 1.52. The van der Waals surface area contributed by atoms with Crippen molar-refractivity contribution >= 4 is 34.8 Å². The number of halogens is 2. The third kappa shape index (κ3) is 5.15. The average Bonchev–Trinajstić information content (AvgIpc) is 2.63. The van der Waals surface area contributed by atoms with Crippen LogP contribution in [0.25, 0.3) is 0 Å². The molecular weight excluding hydrogens is 373 g/mol. The molecule has 1 amide bonds. The fraction of sp³-hybridized carbons (Fsp3) is 0.0500. The number of nitrogens with one attached hydrogen (secondary N) is 1. The van der Waals surface area contributed by atoms with E-state index in [0.29, 0.717) is 27.2 Å². The van der Waals surface area contributed by atoms with Gasteiger partial charge in [0.1, 0.15) is 17.2 Å². The van der Waals surface area contributed by atoms with Crippen LogP contribution in [-0.4, -0.2) is 12.5 Å². The number of hydrogen-bond donors (Lipinski definition) is 1. The van der Waals surface area contributed by atoms with Crippen molar-refractivity contribution in [3.05, 3.63) is 82.8 Å². The molecule has 0 fully saturated rings. The molecular formula is C20H15Cl2NO3. The van der Waals surface area contributed by atoms with Crippen LogP contribution in [0.15, 0.2) is 72.8 Å². The number of amides is 1. The fourth-order valence-electron chi connectivity index (χ4n) is 2.16. The van der Waals surface area contributed by atoms with Gasteiger partial charge in [-0.1, -0.05) is 41.4 Å². The van der Waals surface area contributed by atoms with Gasteiger partial charge in [-0.15, -0.1) is 0 Å². The minimum absolute atomic E-state index is 0.163. The number of benzene rings is 3. The number of anilines is 1. The molecule has 3 aromatic rings. The Morgan fingerprint density at radius 2 is 1.58 bits per heavy atom. The smallest absolute Gasteiger partial charge is 0.262 e. The van der Waals surface area contributed by atoms with E-state index in [2.05, 4.69) is 5.32 Å². The van der Waals surface area contributed by atoms with E-state index in [0.717, 1.165) is 5.75 Å². The number of hydrogen-bond acceptors (Lipinski definition) is 3. The zero-order valence-electron chi connectivity index (χ0n) is 13.6. The lowest BCUT2D eigenvalue weighted by Crippen LogP contribution is -2.20. The van der Waals surface area contributed by atoms with E-state index in [1.807, 2.05) is 30.3 Å². The van der Waals surface area contributed by atoms with Crippen LogP contribution in [-0.2, 0) is 4.79 Å². The van der Waals surface area contributed by atoms with Gasteiger partial charge in [0.25, 0.3) is 5.91 Å². The molecule has 0 saturated heterocycles. The molecule has 0 aliphatic heterocycles. The van der Waals surface area contributed by atoms with E-state index in [9.17, 15) is 4.79 Å². The summed E-state index contributed by atoms with van der Waals surface area (Å²) in [5, 5.41) is 3.60. The quantitative estimate of drug-likeness (QED) is 0.580. The maximum atomic E-state index is 12.0. The molecule has 6 heteroatoms. The summed E-state index contributed by atoms with van der Waals surface area (Å²) in [6.45, 7) is -0.163. The zero-order chi connectivity index (χ0) is 18.4. The molecule has 0 unspecified atom stereocenters. The summed E-state index contributed by atoms with van der Waals surface area (Å²) in [7, 11) is 0.